The van der Waals surface area contributed by atoms with Gasteiger partial charge in [-0.05, 0) is 86.1 Å². The molecule has 0 saturated heterocycles. The number of nitrogens with zero attached hydrogens (tertiary/aromatic N) is 6. The van der Waals surface area contributed by atoms with Crippen molar-refractivity contribution in [1.82, 2.24) is 19.9 Å². The summed E-state index contributed by atoms with van der Waals surface area (Å²) in [7, 11) is 0. The topological polar surface area (TPSA) is 153 Å². The van der Waals surface area contributed by atoms with E-state index in [1.54, 1.807) is 59.2 Å². The Morgan fingerprint density at radius 1 is 0.679 bits per heavy atom. The van der Waals surface area contributed by atoms with Gasteiger partial charge in [0.1, 0.15) is 40.8 Å². The molecule has 2 aromatic carbocycles. The number of halogens is 1. The summed E-state index contributed by atoms with van der Waals surface area (Å²) < 4.78 is 7.99. The van der Waals surface area contributed by atoms with Crippen molar-refractivity contribution in [1.29, 1.82) is 10.5 Å². The minimum absolute atomic E-state index is 0.310. The fourth-order valence-corrected chi connectivity index (χ4v) is 8.38. The Bertz CT molecular complexity index is 2180. The molecule has 272 valence electrons. The summed E-state index contributed by atoms with van der Waals surface area (Å²) in [6, 6.07) is 21.6. The zero-order valence-electron chi connectivity index (χ0n) is 29.3. The number of pyridine rings is 2. The van der Waals surface area contributed by atoms with Crippen molar-refractivity contribution in [2.45, 2.75) is 64.2 Å². The molecule has 13 heteroatoms. The zero-order valence-corrected chi connectivity index (χ0v) is 31.7. The van der Waals surface area contributed by atoms with Crippen LogP contribution in [0.5, 0.6) is 17.2 Å². The van der Waals surface area contributed by atoms with Crippen molar-refractivity contribution in [2.24, 2.45) is 11.8 Å². The van der Waals surface area contributed by atoms with E-state index in [-0.39, 0.29) is 0 Å². The maximum absolute atomic E-state index is 9.43. The zero-order chi connectivity index (χ0) is 36.8. The fraction of sp³-hybridized carbons (Fsp3) is 0.350. The van der Waals surface area contributed by atoms with Gasteiger partial charge in [0.25, 0.3) is 0 Å². The van der Waals surface area contributed by atoms with Crippen molar-refractivity contribution in [2.75, 3.05) is 23.7 Å². The molecule has 2 aliphatic carbocycles. The van der Waals surface area contributed by atoms with Crippen molar-refractivity contribution in [3.05, 3.63) is 89.5 Å². The first-order chi connectivity index (χ1) is 25.9. The van der Waals surface area contributed by atoms with Gasteiger partial charge in [-0.2, -0.15) is 10.5 Å². The Kier molecular flexibility index (Phi) is 13.7. The number of nitrogens with one attached hydrogen (secondary N) is 2. The highest BCUT2D eigenvalue weighted by molar-refractivity contribution is 7.22. The molecule has 0 atom stereocenters. The number of aromatic nitrogens is 4. The predicted octanol–water partition coefficient (Wildman–Crippen LogP) is 10.9. The molecule has 2 aliphatic rings. The van der Waals surface area contributed by atoms with Gasteiger partial charge in [0.15, 0.2) is 10.3 Å². The lowest BCUT2D eigenvalue weighted by Crippen LogP contribution is -2.16. The number of anilines is 2. The van der Waals surface area contributed by atoms with Gasteiger partial charge in [0.05, 0.1) is 20.4 Å². The average Bonchev–Trinajstić information content (AvgIpc) is 3.80. The largest absolute Gasteiger partial charge is 0.508 e. The van der Waals surface area contributed by atoms with Crippen LogP contribution in [0, 0.1) is 34.5 Å². The summed E-state index contributed by atoms with van der Waals surface area (Å²) in [5, 5.41) is 36.1. The monoisotopic (exact) mass is 764 g/mol. The molecule has 53 heavy (non-hydrogen) atoms. The molecule has 0 radical (unpaired) electrons. The third-order valence-electron chi connectivity index (χ3n) is 9.18. The molecule has 10 nitrogen and oxygen atoms in total. The second kappa shape index (κ2) is 19.2. The van der Waals surface area contributed by atoms with Crippen LogP contribution in [0.4, 0.5) is 10.3 Å². The van der Waals surface area contributed by atoms with E-state index in [1.165, 1.54) is 76.5 Å². The van der Waals surface area contributed by atoms with Gasteiger partial charge in [-0.3, -0.25) is 0 Å². The van der Waals surface area contributed by atoms with Gasteiger partial charge in [-0.15, -0.1) is 0 Å². The molecule has 0 bridgehead atoms. The maximum Gasteiger partial charge on any atom is 0.183 e. The second-order valence-electron chi connectivity index (χ2n) is 13.2. The minimum atomic E-state index is 0.310. The van der Waals surface area contributed by atoms with Crippen LogP contribution in [0.3, 0.4) is 0 Å². The summed E-state index contributed by atoms with van der Waals surface area (Å²) in [5.74, 6) is 3.23. The smallest absolute Gasteiger partial charge is 0.183 e. The summed E-state index contributed by atoms with van der Waals surface area (Å²) in [6.45, 7) is 2.04. The van der Waals surface area contributed by atoms with Gasteiger partial charge >= 0.3 is 0 Å². The second-order valence-corrected chi connectivity index (χ2v) is 15.6. The van der Waals surface area contributed by atoms with E-state index >= 15 is 0 Å². The summed E-state index contributed by atoms with van der Waals surface area (Å²) in [5.41, 5.74) is 2.63. The molecule has 2 fully saturated rings. The minimum Gasteiger partial charge on any atom is -0.508 e. The van der Waals surface area contributed by atoms with Gasteiger partial charge in [-0.25, -0.2) is 19.9 Å². The molecule has 8 rings (SSSR count). The van der Waals surface area contributed by atoms with Gasteiger partial charge in [0, 0.05) is 42.6 Å². The highest BCUT2D eigenvalue weighted by Gasteiger charge is 2.15. The number of fused-ring (bicyclic) bond motifs is 2. The van der Waals surface area contributed by atoms with E-state index in [4.69, 9.17) is 26.9 Å². The molecular formula is C40H41ClN8O2S2. The normalized spacial score (nSPS) is 14.5. The third kappa shape index (κ3) is 11.5. The SMILES string of the molecule is N#Cc1cc(Cl)ccn1.N#Cc1cc(Oc2ccc3nc(NCC4CCCCC4)sc3c2)ccn1.Oc1ccc2nc(NCC3CCCCC3)sc2c1. The Labute approximate surface area is 322 Å². The van der Waals surface area contributed by atoms with Crippen LogP contribution in [0.25, 0.3) is 20.4 Å². The molecular weight excluding hydrogens is 724 g/mol. The number of nitriles is 2. The summed E-state index contributed by atoms with van der Waals surface area (Å²) in [6.07, 6.45) is 16.7. The first-order valence-electron chi connectivity index (χ1n) is 18.0. The van der Waals surface area contributed by atoms with Crippen LogP contribution in [0.1, 0.15) is 75.6 Å². The number of ether oxygens (including phenoxy) is 1. The lowest BCUT2D eigenvalue weighted by atomic mass is 9.89. The number of benzene rings is 2. The summed E-state index contributed by atoms with van der Waals surface area (Å²) in [4.78, 5) is 16.9. The van der Waals surface area contributed by atoms with Crippen LogP contribution in [-0.4, -0.2) is 38.1 Å². The molecule has 0 unspecified atom stereocenters. The van der Waals surface area contributed by atoms with Crippen LogP contribution in [0.15, 0.2) is 73.1 Å². The highest BCUT2D eigenvalue weighted by atomic mass is 35.5. The van der Waals surface area contributed by atoms with E-state index in [2.05, 4.69) is 30.6 Å². The number of rotatable bonds is 8. The Balaban J connectivity index is 0.000000153. The van der Waals surface area contributed by atoms with E-state index in [0.29, 0.717) is 27.9 Å². The number of aromatic hydroxyl groups is 1. The molecule has 3 N–H and O–H groups in total. The molecule has 0 aliphatic heterocycles. The standard InChI is InChI=1S/C20H20N4OS.C14H18N2OS.C6H3ClN2/c21-12-15-10-17(8-9-22-15)25-16-6-7-18-19(11-16)26-20(24-18)23-13-14-4-2-1-3-5-14;17-11-6-7-12-13(8-11)18-14(16-12)15-9-10-4-2-1-3-5-10;7-5-1-2-9-6(3-5)4-8/h6-11,14H,1-5,13H2,(H,23,24);6-8,10,17H,1-5,9H2,(H,15,16);1-3H. The van der Waals surface area contributed by atoms with E-state index in [0.717, 1.165) is 61.4 Å². The Morgan fingerprint density at radius 3 is 1.77 bits per heavy atom. The lowest BCUT2D eigenvalue weighted by Gasteiger charge is -2.21. The maximum atomic E-state index is 9.43. The molecule has 4 aromatic heterocycles. The van der Waals surface area contributed by atoms with E-state index < -0.39 is 0 Å². The van der Waals surface area contributed by atoms with Crippen LogP contribution in [-0.2, 0) is 0 Å². The van der Waals surface area contributed by atoms with Gasteiger partial charge < -0.3 is 20.5 Å². The molecule has 0 spiro atoms. The van der Waals surface area contributed by atoms with Crippen LogP contribution in [0.2, 0.25) is 5.02 Å². The number of phenols is 1. The van der Waals surface area contributed by atoms with E-state index in [1.807, 2.05) is 36.4 Å². The van der Waals surface area contributed by atoms with Crippen molar-refractivity contribution in [3.63, 3.8) is 0 Å². The van der Waals surface area contributed by atoms with Gasteiger partial charge in [0.2, 0.25) is 0 Å². The number of hydrogen-bond acceptors (Lipinski definition) is 12. The van der Waals surface area contributed by atoms with Crippen molar-refractivity contribution < 1.29 is 9.84 Å². The van der Waals surface area contributed by atoms with Gasteiger partial charge in [-0.1, -0.05) is 72.8 Å². The Morgan fingerprint density at radius 2 is 1.21 bits per heavy atom. The van der Waals surface area contributed by atoms with E-state index in [9.17, 15) is 5.11 Å². The number of phenolic OH excluding ortho intramolecular Hbond substituents is 1. The molecule has 6 aromatic rings. The number of thiazole rings is 2. The lowest BCUT2D eigenvalue weighted by molar-refractivity contribution is 0.373. The fourth-order valence-electron chi connectivity index (χ4n) is 6.42. The van der Waals surface area contributed by atoms with Crippen molar-refractivity contribution >= 4 is 65.0 Å². The first-order valence-corrected chi connectivity index (χ1v) is 20.0. The molecule has 4 heterocycles. The first kappa shape index (κ1) is 37.7. The molecule has 2 saturated carbocycles. The average molecular weight is 765 g/mol. The van der Waals surface area contributed by atoms with Crippen LogP contribution < -0.4 is 15.4 Å². The molecule has 0 amide bonds. The third-order valence-corrected chi connectivity index (χ3v) is 11.4. The number of hydrogen-bond donors (Lipinski definition) is 3. The highest BCUT2D eigenvalue weighted by Crippen LogP contribution is 2.33. The Hall–Kier alpha value is -5.01. The quantitative estimate of drug-likeness (QED) is 0.136. The summed E-state index contributed by atoms with van der Waals surface area (Å²) >= 11 is 8.80. The van der Waals surface area contributed by atoms with Crippen molar-refractivity contribution in [3.8, 4) is 29.4 Å². The predicted molar refractivity (Wildman–Crippen MR) is 214 cm³/mol. The van der Waals surface area contributed by atoms with Crippen LogP contribution >= 0.6 is 34.3 Å².